The van der Waals surface area contributed by atoms with Crippen molar-refractivity contribution in [2.24, 2.45) is 17.6 Å². The number of carbonyl (C=O) groups is 12. The number of hydrogen-bond donors (Lipinski definition) is 17. The third-order valence-corrected chi connectivity index (χ3v) is 23.0. The second-order valence-corrected chi connectivity index (χ2v) is 35.2. The highest BCUT2D eigenvalue weighted by Crippen LogP contribution is 2.35. The molecule has 4 unspecified atom stereocenters. The number of likely N-dealkylation sites (N-methyl/N-ethyl adjacent to an activating group) is 1. The number of aromatic nitrogens is 2. The maximum absolute atomic E-state index is 14.5. The molecule has 6 rings (SSSR count). The second kappa shape index (κ2) is 68.3. The van der Waals surface area contributed by atoms with Crippen molar-refractivity contribution in [1.29, 1.82) is 0 Å². The summed E-state index contributed by atoms with van der Waals surface area (Å²) in [6.45, 7) is 11.6. The fraction of sp³-hybridized carbons (Fsp3) is 0.720. The molecule has 0 bridgehead atoms. The van der Waals surface area contributed by atoms with Crippen molar-refractivity contribution in [3.63, 3.8) is 0 Å². The molecule has 0 aliphatic carbocycles. The van der Waals surface area contributed by atoms with Gasteiger partial charge in [-0.3, -0.25) is 62.4 Å². The van der Waals surface area contributed by atoms with Crippen LogP contribution < -0.4 is 54.2 Å². The number of ether oxygens (including phenoxy) is 16. The number of carboxylic acid groups (broad SMARTS) is 1. The van der Waals surface area contributed by atoms with Crippen LogP contribution in [0.15, 0.2) is 70.4 Å². The van der Waals surface area contributed by atoms with Crippen molar-refractivity contribution in [2.45, 2.75) is 241 Å². The molecule has 12 amide bonds. The average Bonchev–Trinajstić information content (AvgIpc) is 1.50. The lowest BCUT2D eigenvalue weighted by molar-refractivity contribution is -0.346. The molecule has 0 spiro atoms. The molecular formula is C93H149N13O38. The minimum atomic E-state index is -2.05. The predicted molar refractivity (Wildman–Crippen MR) is 506 cm³/mol. The molecule has 144 heavy (non-hydrogen) atoms. The van der Waals surface area contributed by atoms with Crippen LogP contribution in [0.25, 0.3) is 0 Å². The van der Waals surface area contributed by atoms with Gasteiger partial charge in [-0.15, -0.1) is 0 Å². The van der Waals surface area contributed by atoms with E-state index in [0.29, 0.717) is 102 Å². The minimum Gasteiger partial charge on any atom is -0.481 e. The summed E-state index contributed by atoms with van der Waals surface area (Å²) in [5, 5.41) is 108. The van der Waals surface area contributed by atoms with Gasteiger partial charge < -0.3 is 169 Å². The van der Waals surface area contributed by atoms with Crippen molar-refractivity contribution in [2.75, 3.05) is 184 Å². The van der Waals surface area contributed by atoms with Crippen LogP contribution in [0.3, 0.4) is 0 Å². The fourth-order valence-electron chi connectivity index (χ4n) is 15.0. The molecule has 0 radical (unpaired) electrons. The Labute approximate surface area is 834 Å². The third-order valence-electron chi connectivity index (χ3n) is 23.0. The van der Waals surface area contributed by atoms with Gasteiger partial charge in [0.25, 0.3) is 17.4 Å². The van der Waals surface area contributed by atoms with Gasteiger partial charge >= 0.3 is 29.9 Å². The lowest BCUT2D eigenvalue weighted by Gasteiger charge is -2.47. The fourth-order valence-corrected chi connectivity index (χ4v) is 15.0. The Morgan fingerprint density at radius 2 is 1.08 bits per heavy atom. The summed E-state index contributed by atoms with van der Waals surface area (Å²) in [6, 6.07) is -1.85. The third kappa shape index (κ3) is 45.8. The summed E-state index contributed by atoms with van der Waals surface area (Å²) in [4.78, 5) is 187. The number of aliphatic carboxylic acids is 1. The van der Waals surface area contributed by atoms with E-state index in [9.17, 15) is 108 Å². The number of nitrogens with zero attached hydrogens (tertiary/aromatic N) is 4. The van der Waals surface area contributed by atoms with Gasteiger partial charge in [0.05, 0.1) is 138 Å². The van der Waals surface area contributed by atoms with Gasteiger partial charge in [-0.2, -0.15) is 0 Å². The van der Waals surface area contributed by atoms with E-state index in [0.717, 1.165) is 97.1 Å². The van der Waals surface area contributed by atoms with E-state index in [1.807, 2.05) is 4.98 Å². The van der Waals surface area contributed by atoms with Crippen molar-refractivity contribution >= 4 is 77.1 Å². The number of carboxylic acids is 1. The Hall–Kier alpha value is -10.2. The van der Waals surface area contributed by atoms with Gasteiger partial charge in [-0.05, 0) is 67.7 Å². The zero-order chi connectivity index (χ0) is 105. The number of anilines is 1. The van der Waals surface area contributed by atoms with Crippen molar-refractivity contribution < 1.29 is 174 Å². The highest BCUT2D eigenvalue weighted by atomic mass is 16.8. The molecule has 18 N–H and O–H groups in total. The van der Waals surface area contributed by atoms with Crippen LogP contribution in [-0.2, 0) is 126 Å². The van der Waals surface area contributed by atoms with E-state index >= 15 is 0 Å². The van der Waals surface area contributed by atoms with Gasteiger partial charge in [0.1, 0.15) is 98.8 Å². The van der Waals surface area contributed by atoms with Crippen LogP contribution in [0.4, 0.5) is 20.1 Å². The maximum Gasteiger partial charge on any atom is 0.409 e. The number of primary amides is 1. The molecule has 0 saturated carbocycles. The van der Waals surface area contributed by atoms with Gasteiger partial charge in [-0.25, -0.2) is 19.2 Å². The number of hydrogen-bond acceptors (Lipinski definition) is 37. The Morgan fingerprint density at radius 1 is 0.556 bits per heavy atom. The number of allylic oxidation sites excluding steroid dienone is 1. The molecule has 18 atom stereocenters. The van der Waals surface area contributed by atoms with E-state index in [1.54, 1.807) is 27.0 Å². The van der Waals surface area contributed by atoms with Gasteiger partial charge in [-0.1, -0.05) is 90.8 Å². The molecule has 4 aliphatic rings. The first-order chi connectivity index (χ1) is 69.0. The van der Waals surface area contributed by atoms with E-state index in [2.05, 4.69) is 51.1 Å². The van der Waals surface area contributed by atoms with E-state index < -0.39 is 231 Å². The number of H-pyrrole nitrogens is 1. The predicted octanol–water partition coefficient (Wildman–Crippen LogP) is -2.68. The van der Waals surface area contributed by atoms with Gasteiger partial charge in [0.2, 0.25) is 35.4 Å². The van der Waals surface area contributed by atoms with E-state index in [-0.39, 0.29) is 97.6 Å². The Morgan fingerprint density at radius 3 is 1.62 bits per heavy atom. The first-order valence-corrected chi connectivity index (χ1v) is 48.5. The van der Waals surface area contributed by atoms with Crippen LogP contribution in [0.5, 0.6) is 0 Å². The number of benzene rings is 1. The SMILES string of the molecule is COCCOCCOCCOCCOCCOCCOCCOCCOCCOCCN(CCN(C)C(=O)OCc1ccc(NC(=O)C(CCCNC(N)=O)NC(=O)C(NC(=O)C(CCC(=O)O)NC(=O)CN2C(=O)C=CC2=O)C(C)C)cc1)C(=O)OC[C@H]1OC(O[C@@H]2O[C@H](C[C@@H](O)[C@H]3O[C@@H](n4ccc(=O)[nH]c4=O)[C@H](O)[C@@H]3O)[C@H](O)[C@H](O)[C@H]2NC(=O)/C=C\CCCCCCCCCC(C)C)[C@H](NC(C)=O)[C@@H](O)[C@@H]1O. The Balaban J connectivity index is 1.10. The molecule has 51 heteroatoms. The van der Waals surface area contributed by atoms with Crippen LogP contribution >= 0.6 is 0 Å². The lowest BCUT2D eigenvalue weighted by atomic mass is 9.91. The van der Waals surface area contributed by atoms with E-state index in [4.69, 9.17) is 81.5 Å². The summed E-state index contributed by atoms with van der Waals surface area (Å²) in [6.07, 6.45) is -14.1. The smallest absolute Gasteiger partial charge is 0.409 e. The number of carbonyl (C=O) groups excluding carboxylic acids is 11. The number of aliphatic hydroxyl groups is 7. The number of nitrogens with two attached hydrogens (primary N) is 1. The molecule has 1 aromatic carbocycles. The highest BCUT2D eigenvalue weighted by Gasteiger charge is 2.54. The zero-order valence-corrected chi connectivity index (χ0v) is 82.8. The number of amides is 12. The molecule has 5 heterocycles. The largest absolute Gasteiger partial charge is 0.481 e. The first-order valence-electron chi connectivity index (χ1n) is 48.5. The van der Waals surface area contributed by atoms with Crippen molar-refractivity contribution in [1.82, 2.24) is 56.2 Å². The highest BCUT2D eigenvalue weighted by molar-refractivity contribution is 6.14. The van der Waals surface area contributed by atoms with Crippen LogP contribution in [0, 0.1) is 11.8 Å². The zero-order valence-electron chi connectivity index (χ0n) is 82.8. The van der Waals surface area contributed by atoms with Gasteiger partial charge in [0, 0.05) is 90.2 Å². The topological polar surface area (TPSA) is 689 Å². The summed E-state index contributed by atoms with van der Waals surface area (Å²) in [5.74, 6) is -8.26. The molecule has 3 saturated heterocycles. The Kier molecular flexibility index (Phi) is 58.1. The number of imide groups is 1. The van der Waals surface area contributed by atoms with Crippen LogP contribution in [0.2, 0.25) is 0 Å². The lowest BCUT2D eigenvalue weighted by Crippen LogP contribution is -2.69. The van der Waals surface area contributed by atoms with Crippen LogP contribution in [-0.4, -0.2) is 419 Å². The molecule has 2 aromatic rings. The van der Waals surface area contributed by atoms with Gasteiger partial charge in [0.15, 0.2) is 18.8 Å². The maximum atomic E-state index is 14.5. The standard InChI is InChI=1S/C93H149N13O38/c1-58(2)18-15-13-11-9-8-10-12-14-16-20-68(109)100-76-80(119)77(116)66(54-65(108)83-81(120)82(121)87(143-83)105-31-29-69(110)101-91(105)126)141-89(76)144-88-75(96-60(5)107)79(118)78(117)67(142-88)57-140-93(128)104(34-35-130-38-39-132-42-43-134-46-47-136-50-51-138-53-52-137-49-48-135-45-44-133-41-40-131-37-36-129-7)33-32-103(6)92(127)139-56-61-21-23-62(24-22-61)97-84(122)63(19-17-30-95-90(94)125)99-86(124)74(59(3)4)102-85(123)64(25-28-73(114)115)98-70(111)55-106-71(112)26-27-72(106)113/h16,20-24,26-27,29,31,58-59,63-67,74-83,87-89,108,116-121H,8-15,17-19,25,28,30,32-57H2,1-7H3,(H,96,107)(H,97,122)(H,98,111)(H,99,124)(H,100,109)(H,102,123)(H,114,115)(H3,94,95,125)(H,101,110,126)/b20-16-/t63?,64?,65-,66-,67-,74?,75-,76-,77+,78-,79-,80-,81+,82-,83-,87-,88?,89+/m1/s1. The number of rotatable bonds is 73. The summed E-state index contributed by atoms with van der Waals surface area (Å²) in [7, 11) is 2.96. The molecular weight excluding hydrogens is 1910 g/mol. The quantitative estimate of drug-likeness (QED) is 0.0182. The normalized spacial score (nSPS) is 21.8. The number of unbranched alkanes of at least 4 members (excludes halogenated alkanes) is 7. The molecule has 814 valence electrons. The van der Waals surface area contributed by atoms with E-state index in [1.165, 1.54) is 37.4 Å². The number of aromatic amines is 1. The monoisotopic (exact) mass is 2060 g/mol. The van der Waals surface area contributed by atoms with Crippen molar-refractivity contribution in [3.8, 4) is 0 Å². The molecule has 4 aliphatic heterocycles. The number of methoxy groups -OCH3 is 1. The molecule has 3 fully saturated rings. The number of urea groups is 1. The molecule has 1 aromatic heterocycles. The summed E-state index contributed by atoms with van der Waals surface area (Å²) >= 11 is 0. The second-order valence-electron chi connectivity index (χ2n) is 35.2. The summed E-state index contributed by atoms with van der Waals surface area (Å²) < 4.78 is 91.7. The minimum absolute atomic E-state index is 0.0139. The average molecular weight is 2060 g/mol. The summed E-state index contributed by atoms with van der Waals surface area (Å²) in [5.41, 5.74) is 4.01. The first kappa shape index (κ1) is 122. The van der Waals surface area contributed by atoms with Crippen molar-refractivity contribution in [3.05, 3.63) is 87.2 Å². The van der Waals surface area contributed by atoms with Crippen LogP contribution in [0.1, 0.15) is 136 Å². The number of aliphatic hydroxyl groups excluding tert-OH is 7. The molecule has 51 nitrogen and oxygen atoms in total. The number of nitrogens with one attached hydrogen (secondary N) is 8. The Bertz CT molecular complexity index is 4360.